The number of nitrogens with one attached hydrogen (secondary N) is 1. The number of thiazole rings is 1. The number of rotatable bonds is 6. The van der Waals surface area contributed by atoms with Crippen molar-refractivity contribution in [2.45, 2.75) is 13.8 Å². The summed E-state index contributed by atoms with van der Waals surface area (Å²) in [6.07, 6.45) is 1.44. The molecule has 1 heterocycles. The third kappa shape index (κ3) is 4.33. The standard InChI is InChI=1S/C14H14N4O4S/c1-3-22-13(19)12-9(2)16-14(23-12)17-15-8-10-5-4-6-11(7-10)18(20)21/h4-8H,3H2,1-2H3,(H,16,17)/b15-8+. The normalized spacial score (nSPS) is 10.7. The van der Waals surface area contributed by atoms with Crippen LogP contribution in [0.3, 0.4) is 0 Å². The van der Waals surface area contributed by atoms with E-state index in [0.29, 0.717) is 27.9 Å². The summed E-state index contributed by atoms with van der Waals surface area (Å²) in [5.41, 5.74) is 3.82. The molecule has 0 radical (unpaired) electrons. The Morgan fingerprint density at radius 1 is 1.57 bits per heavy atom. The molecule has 0 unspecified atom stereocenters. The number of carbonyl (C=O) groups is 1. The fourth-order valence-corrected chi connectivity index (χ4v) is 2.52. The molecule has 0 aliphatic rings. The van der Waals surface area contributed by atoms with Gasteiger partial charge in [0.2, 0.25) is 5.13 Å². The van der Waals surface area contributed by atoms with Gasteiger partial charge in [-0.3, -0.25) is 15.5 Å². The SMILES string of the molecule is CCOC(=O)c1sc(N/N=C/c2cccc([N+](=O)[O-])c2)nc1C. The zero-order valence-electron chi connectivity index (χ0n) is 12.5. The third-order valence-electron chi connectivity index (χ3n) is 2.71. The number of nitrogens with zero attached hydrogens (tertiary/aromatic N) is 3. The first-order chi connectivity index (χ1) is 11.0. The molecule has 0 saturated carbocycles. The highest BCUT2D eigenvalue weighted by Gasteiger charge is 2.15. The number of aryl methyl sites for hydroxylation is 1. The van der Waals surface area contributed by atoms with Gasteiger partial charge in [-0.25, -0.2) is 9.78 Å². The Labute approximate surface area is 136 Å². The lowest BCUT2D eigenvalue weighted by Gasteiger charge is -1.97. The second kappa shape index (κ2) is 7.45. The van der Waals surface area contributed by atoms with E-state index in [1.54, 1.807) is 26.0 Å². The number of hydrogen-bond donors (Lipinski definition) is 1. The highest BCUT2D eigenvalue weighted by atomic mass is 32.1. The molecule has 8 nitrogen and oxygen atoms in total. The molecule has 0 fully saturated rings. The number of esters is 1. The molecule has 2 rings (SSSR count). The van der Waals surface area contributed by atoms with Gasteiger partial charge in [0.15, 0.2) is 0 Å². The van der Waals surface area contributed by atoms with E-state index < -0.39 is 10.9 Å². The molecule has 1 aromatic carbocycles. The van der Waals surface area contributed by atoms with E-state index in [9.17, 15) is 14.9 Å². The van der Waals surface area contributed by atoms with Crippen LogP contribution in [-0.4, -0.2) is 28.7 Å². The summed E-state index contributed by atoms with van der Waals surface area (Å²) in [5, 5.41) is 15.1. The van der Waals surface area contributed by atoms with E-state index >= 15 is 0 Å². The van der Waals surface area contributed by atoms with E-state index in [0.717, 1.165) is 11.3 Å². The fraction of sp³-hybridized carbons (Fsp3) is 0.214. The summed E-state index contributed by atoms with van der Waals surface area (Å²) in [7, 11) is 0. The maximum atomic E-state index is 11.7. The first-order valence-corrected chi connectivity index (χ1v) is 7.51. The molecular formula is C14H14N4O4S. The number of benzene rings is 1. The molecule has 1 aromatic heterocycles. The first-order valence-electron chi connectivity index (χ1n) is 6.69. The molecule has 1 N–H and O–H groups in total. The first kappa shape index (κ1) is 16.6. The highest BCUT2D eigenvalue weighted by Crippen LogP contribution is 2.23. The fourth-order valence-electron chi connectivity index (χ4n) is 1.71. The molecule has 9 heteroatoms. The Morgan fingerprint density at radius 2 is 2.35 bits per heavy atom. The van der Waals surface area contributed by atoms with Gasteiger partial charge in [0.25, 0.3) is 5.69 Å². The quantitative estimate of drug-likeness (QED) is 0.377. The van der Waals surface area contributed by atoms with Crippen molar-refractivity contribution in [2.75, 3.05) is 12.0 Å². The second-order valence-electron chi connectivity index (χ2n) is 4.38. The van der Waals surface area contributed by atoms with Crippen molar-refractivity contribution in [3.05, 3.63) is 50.5 Å². The van der Waals surface area contributed by atoms with Crippen LogP contribution in [0, 0.1) is 17.0 Å². The summed E-state index contributed by atoms with van der Waals surface area (Å²) in [5.74, 6) is -0.418. The lowest BCUT2D eigenvalue weighted by atomic mass is 10.2. The molecule has 0 saturated heterocycles. The summed E-state index contributed by atoms with van der Waals surface area (Å²) >= 11 is 1.13. The third-order valence-corrected chi connectivity index (χ3v) is 3.75. The number of nitro groups is 1. The van der Waals surface area contributed by atoms with Crippen molar-refractivity contribution in [1.29, 1.82) is 0 Å². The lowest BCUT2D eigenvalue weighted by molar-refractivity contribution is -0.384. The van der Waals surface area contributed by atoms with Crippen molar-refractivity contribution in [2.24, 2.45) is 5.10 Å². The number of hydrogen-bond acceptors (Lipinski definition) is 8. The van der Waals surface area contributed by atoms with Crippen molar-refractivity contribution in [3.8, 4) is 0 Å². The predicted octanol–water partition coefficient (Wildman–Crippen LogP) is 2.98. The Bertz CT molecular complexity index is 757. The average molecular weight is 334 g/mol. The van der Waals surface area contributed by atoms with Crippen LogP contribution in [0.4, 0.5) is 10.8 Å². The molecule has 0 aliphatic carbocycles. The minimum absolute atomic E-state index is 0.0105. The Balaban J connectivity index is 2.06. The molecule has 23 heavy (non-hydrogen) atoms. The lowest BCUT2D eigenvalue weighted by Crippen LogP contribution is -2.03. The van der Waals surface area contributed by atoms with Crippen molar-refractivity contribution < 1.29 is 14.5 Å². The van der Waals surface area contributed by atoms with Gasteiger partial charge in [-0.2, -0.15) is 5.10 Å². The van der Waals surface area contributed by atoms with Crippen LogP contribution in [-0.2, 0) is 4.74 Å². The van der Waals surface area contributed by atoms with Crippen LogP contribution in [0.25, 0.3) is 0 Å². The van der Waals surface area contributed by atoms with Gasteiger partial charge in [0.05, 0.1) is 23.4 Å². The number of ether oxygens (including phenoxy) is 1. The monoisotopic (exact) mass is 334 g/mol. The topological polar surface area (TPSA) is 107 Å². The number of nitro benzene ring substituents is 1. The van der Waals surface area contributed by atoms with Crippen molar-refractivity contribution in [3.63, 3.8) is 0 Å². The average Bonchev–Trinajstić information content (AvgIpc) is 2.89. The van der Waals surface area contributed by atoms with Gasteiger partial charge in [-0.1, -0.05) is 23.5 Å². The molecule has 2 aromatic rings. The van der Waals surface area contributed by atoms with E-state index in [-0.39, 0.29) is 5.69 Å². The van der Waals surface area contributed by atoms with Crippen LogP contribution < -0.4 is 5.43 Å². The van der Waals surface area contributed by atoms with Gasteiger partial charge < -0.3 is 4.74 Å². The Kier molecular flexibility index (Phi) is 5.36. The molecule has 0 bridgehead atoms. The highest BCUT2D eigenvalue weighted by molar-refractivity contribution is 7.17. The zero-order chi connectivity index (χ0) is 16.8. The summed E-state index contributed by atoms with van der Waals surface area (Å²) < 4.78 is 4.93. The Hall–Kier alpha value is -2.81. The van der Waals surface area contributed by atoms with Crippen molar-refractivity contribution >= 4 is 34.3 Å². The van der Waals surface area contributed by atoms with Crippen LogP contribution in [0.1, 0.15) is 27.9 Å². The Morgan fingerprint density at radius 3 is 3.04 bits per heavy atom. The van der Waals surface area contributed by atoms with E-state index in [1.807, 2.05) is 0 Å². The summed E-state index contributed by atoms with van der Waals surface area (Å²) in [6, 6.07) is 6.07. The van der Waals surface area contributed by atoms with Crippen LogP contribution in [0.5, 0.6) is 0 Å². The molecular weight excluding hydrogens is 320 g/mol. The van der Waals surface area contributed by atoms with Gasteiger partial charge in [0.1, 0.15) is 4.88 Å². The smallest absolute Gasteiger partial charge is 0.350 e. The van der Waals surface area contributed by atoms with E-state index in [4.69, 9.17) is 4.74 Å². The van der Waals surface area contributed by atoms with Gasteiger partial charge in [0, 0.05) is 17.7 Å². The number of carbonyl (C=O) groups excluding carboxylic acids is 1. The van der Waals surface area contributed by atoms with E-state index in [2.05, 4.69) is 15.5 Å². The number of anilines is 1. The van der Waals surface area contributed by atoms with Crippen LogP contribution in [0.15, 0.2) is 29.4 Å². The molecule has 0 spiro atoms. The van der Waals surface area contributed by atoms with Crippen molar-refractivity contribution in [1.82, 2.24) is 4.98 Å². The summed E-state index contributed by atoms with van der Waals surface area (Å²) in [6.45, 7) is 3.73. The number of non-ortho nitro benzene ring substituents is 1. The molecule has 0 amide bonds. The number of hydrazone groups is 1. The van der Waals surface area contributed by atoms with E-state index in [1.165, 1.54) is 18.3 Å². The predicted molar refractivity (Wildman–Crippen MR) is 87.1 cm³/mol. The largest absolute Gasteiger partial charge is 0.462 e. The maximum absolute atomic E-state index is 11.7. The second-order valence-corrected chi connectivity index (χ2v) is 5.38. The van der Waals surface area contributed by atoms with Gasteiger partial charge >= 0.3 is 5.97 Å². The minimum Gasteiger partial charge on any atom is -0.462 e. The molecule has 120 valence electrons. The van der Waals surface area contributed by atoms with Crippen LogP contribution >= 0.6 is 11.3 Å². The molecule has 0 aliphatic heterocycles. The zero-order valence-corrected chi connectivity index (χ0v) is 13.3. The number of aromatic nitrogens is 1. The van der Waals surface area contributed by atoms with Crippen LogP contribution in [0.2, 0.25) is 0 Å². The van der Waals surface area contributed by atoms with Gasteiger partial charge in [-0.05, 0) is 13.8 Å². The molecule has 0 atom stereocenters. The summed E-state index contributed by atoms with van der Waals surface area (Å²) in [4.78, 5) is 26.5. The maximum Gasteiger partial charge on any atom is 0.350 e. The van der Waals surface area contributed by atoms with Gasteiger partial charge in [-0.15, -0.1) is 0 Å². The minimum atomic E-state index is -0.472.